The summed E-state index contributed by atoms with van der Waals surface area (Å²) in [7, 11) is 0. The molecule has 15 heavy (non-hydrogen) atoms. The monoisotopic (exact) mass is 245 g/mol. The van der Waals surface area contributed by atoms with E-state index in [2.05, 4.69) is 0 Å². The van der Waals surface area contributed by atoms with Crippen molar-refractivity contribution in [3.63, 3.8) is 0 Å². The Morgan fingerprint density at radius 3 is 1.07 bits per heavy atom. The first kappa shape index (κ1) is 13.9. The van der Waals surface area contributed by atoms with Gasteiger partial charge in [0, 0.05) is 0 Å². The minimum absolute atomic E-state index is 0.696. The minimum atomic E-state index is -6.83. The molecule has 0 saturated carbocycles. The Labute approximate surface area is 76.1 Å². The normalized spacial score (nSPS) is 18.1. The molecule has 0 N–H and O–H groups in total. The van der Waals surface area contributed by atoms with Crippen LogP contribution in [0.4, 0.5) is 39.5 Å². The molecule has 0 amide bonds. The summed E-state index contributed by atoms with van der Waals surface area (Å²) < 4.78 is 105. The molecule has 0 aromatic heterocycles. The minimum Gasteiger partial charge on any atom is -0.210 e. The first-order valence-corrected chi connectivity index (χ1v) is 2.92. The van der Waals surface area contributed by atoms with E-state index in [-0.39, 0.29) is 0 Å². The largest absolute Gasteiger partial charge is 0.458 e. The van der Waals surface area contributed by atoms with Crippen LogP contribution in [0.5, 0.6) is 0 Å². The van der Waals surface area contributed by atoms with Crippen molar-refractivity contribution >= 4 is 0 Å². The number of alkyl halides is 9. The third-order valence-electron chi connectivity index (χ3n) is 1.33. The van der Waals surface area contributed by atoms with Crippen LogP contribution in [-0.4, -0.2) is 23.9 Å². The van der Waals surface area contributed by atoms with Crippen molar-refractivity contribution < 1.29 is 39.5 Å². The summed E-state index contributed by atoms with van der Waals surface area (Å²) in [4.78, 5) is 0. The van der Waals surface area contributed by atoms with Gasteiger partial charge in [0.1, 0.15) is 6.07 Å². The Hall–Kier alpha value is -1.14. The van der Waals surface area contributed by atoms with Crippen molar-refractivity contribution in [2.75, 3.05) is 0 Å². The fourth-order valence-corrected chi connectivity index (χ4v) is 0.507. The number of nitriles is 1. The first-order valence-electron chi connectivity index (χ1n) is 2.92. The van der Waals surface area contributed by atoms with Gasteiger partial charge in [-0.15, -0.1) is 0 Å². The van der Waals surface area contributed by atoms with Crippen LogP contribution in [0.1, 0.15) is 0 Å². The number of hydrogen-bond donors (Lipinski definition) is 0. The molecule has 0 saturated heterocycles. The van der Waals surface area contributed by atoms with Crippen molar-refractivity contribution in [2.24, 2.45) is 0 Å². The second kappa shape index (κ2) is 3.18. The fourth-order valence-electron chi connectivity index (χ4n) is 0.507. The summed E-state index contributed by atoms with van der Waals surface area (Å²) in [5.41, 5.74) is -6.29. The number of nitrogens with zero attached hydrogens (tertiary/aromatic N) is 1. The van der Waals surface area contributed by atoms with Crippen LogP contribution in [0.25, 0.3) is 0 Å². The van der Waals surface area contributed by atoms with E-state index in [9.17, 15) is 39.5 Å². The molecule has 10 heteroatoms. The third-order valence-corrected chi connectivity index (χ3v) is 1.33. The maximum Gasteiger partial charge on any atom is 0.458 e. The summed E-state index contributed by atoms with van der Waals surface area (Å²) in [6.07, 6.45) is -13.5. The zero-order chi connectivity index (χ0) is 12.7. The predicted octanol–water partition coefficient (Wildman–Crippen LogP) is 2.98. The standard InChI is InChI=1S/C5F9N/c6-2(1-15,4(9,10)11)3(7,8)5(12,13)14. The smallest absolute Gasteiger partial charge is 0.210 e. The van der Waals surface area contributed by atoms with Gasteiger partial charge in [0.2, 0.25) is 0 Å². The maximum atomic E-state index is 12.3. The van der Waals surface area contributed by atoms with Gasteiger partial charge in [-0.05, 0) is 0 Å². The van der Waals surface area contributed by atoms with Crippen molar-refractivity contribution in [2.45, 2.75) is 23.9 Å². The van der Waals surface area contributed by atoms with Crippen LogP contribution >= 0.6 is 0 Å². The molecule has 0 rings (SSSR count). The highest BCUT2D eigenvalue weighted by Crippen LogP contribution is 2.52. The molecule has 1 nitrogen and oxygen atoms in total. The van der Waals surface area contributed by atoms with E-state index in [1.54, 1.807) is 0 Å². The molecule has 1 unspecified atom stereocenters. The lowest BCUT2D eigenvalue weighted by atomic mass is 9.98. The highest BCUT2D eigenvalue weighted by atomic mass is 19.4. The molecule has 0 aromatic carbocycles. The first-order chi connectivity index (χ1) is 6.31. The number of rotatable bonds is 1. The van der Waals surface area contributed by atoms with E-state index in [4.69, 9.17) is 5.26 Å². The highest BCUT2D eigenvalue weighted by Gasteiger charge is 2.82. The van der Waals surface area contributed by atoms with Gasteiger partial charge in [-0.1, -0.05) is 0 Å². The van der Waals surface area contributed by atoms with Gasteiger partial charge in [0.15, 0.2) is 0 Å². The van der Waals surface area contributed by atoms with Crippen LogP contribution < -0.4 is 0 Å². The SMILES string of the molecule is N#CC(F)(C(F)(F)F)C(F)(F)C(F)(F)F. The van der Waals surface area contributed by atoms with Crippen molar-refractivity contribution in [1.29, 1.82) is 5.26 Å². The summed E-state index contributed by atoms with van der Waals surface area (Å²) in [5, 5.41) is 7.49. The van der Waals surface area contributed by atoms with Gasteiger partial charge in [0.05, 0.1) is 0 Å². The summed E-state index contributed by atoms with van der Waals surface area (Å²) in [6.45, 7) is 0. The van der Waals surface area contributed by atoms with Gasteiger partial charge in [-0.3, -0.25) is 0 Å². The average molecular weight is 245 g/mol. The summed E-state index contributed by atoms with van der Waals surface area (Å²) >= 11 is 0. The molecule has 0 bridgehead atoms. The van der Waals surface area contributed by atoms with Gasteiger partial charge < -0.3 is 0 Å². The number of halogens is 9. The molecule has 0 aliphatic carbocycles. The lowest BCUT2D eigenvalue weighted by molar-refractivity contribution is -0.367. The van der Waals surface area contributed by atoms with Gasteiger partial charge in [0.25, 0.3) is 0 Å². The molecule has 0 aromatic rings. The molecule has 0 spiro atoms. The average Bonchev–Trinajstić information content (AvgIpc) is 1.98. The van der Waals surface area contributed by atoms with Crippen LogP contribution in [0.15, 0.2) is 0 Å². The van der Waals surface area contributed by atoms with Gasteiger partial charge in [-0.2, -0.15) is 40.4 Å². The molecule has 0 radical (unpaired) electrons. The van der Waals surface area contributed by atoms with Crippen LogP contribution in [-0.2, 0) is 0 Å². The fraction of sp³-hybridized carbons (Fsp3) is 0.800. The molecule has 0 fully saturated rings. The quantitative estimate of drug-likeness (QED) is 0.651. The molecule has 88 valence electrons. The lowest BCUT2D eigenvalue weighted by Crippen LogP contribution is -2.61. The van der Waals surface area contributed by atoms with Crippen LogP contribution in [0, 0.1) is 11.3 Å². The van der Waals surface area contributed by atoms with E-state index < -0.39 is 30.0 Å². The Balaban J connectivity index is 5.64. The van der Waals surface area contributed by atoms with E-state index in [1.807, 2.05) is 0 Å². The zero-order valence-corrected chi connectivity index (χ0v) is 6.35. The number of hydrogen-bond acceptors (Lipinski definition) is 1. The second-order valence-corrected chi connectivity index (χ2v) is 2.34. The third kappa shape index (κ3) is 1.82. The lowest BCUT2D eigenvalue weighted by Gasteiger charge is -2.30. The molecule has 0 aliphatic heterocycles. The predicted molar refractivity (Wildman–Crippen MR) is 26.5 cm³/mol. The van der Waals surface area contributed by atoms with Crippen LogP contribution in [0.3, 0.4) is 0 Å². The Morgan fingerprint density at radius 1 is 0.667 bits per heavy atom. The Bertz CT molecular complexity index is 280. The Kier molecular flexibility index (Phi) is 2.94. The van der Waals surface area contributed by atoms with E-state index >= 15 is 0 Å². The molecule has 1 atom stereocenters. The van der Waals surface area contributed by atoms with Crippen molar-refractivity contribution in [3.8, 4) is 6.07 Å². The van der Waals surface area contributed by atoms with Gasteiger partial charge in [-0.25, -0.2) is 4.39 Å². The van der Waals surface area contributed by atoms with Crippen molar-refractivity contribution in [3.05, 3.63) is 0 Å². The maximum absolute atomic E-state index is 12.3. The molecule has 0 aliphatic rings. The molecular weight excluding hydrogens is 245 g/mol. The summed E-state index contributed by atoms with van der Waals surface area (Å²) in [6, 6.07) is -0.696. The topological polar surface area (TPSA) is 23.8 Å². The van der Waals surface area contributed by atoms with E-state index in [1.165, 1.54) is 0 Å². The summed E-state index contributed by atoms with van der Waals surface area (Å²) in [5.74, 6) is -6.83. The zero-order valence-electron chi connectivity index (χ0n) is 6.35. The van der Waals surface area contributed by atoms with E-state index in [0.717, 1.165) is 0 Å². The Morgan fingerprint density at radius 2 is 1.00 bits per heavy atom. The van der Waals surface area contributed by atoms with Crippen LogP contribution in [0.2, 0.25) is 0 Å². The molecule has 0 heterocycles. The highest BCUT2D eigenvalue weighted by molar-refractivity contribution is 5.17. The molecular formula is C5F9N. The van der Waals surface area contributed by atoms with E-state index in [0.29, 0.717) is 0 Å². The van der Waals surface area contributed by atoms with Crippen molar-refractivity contribution in [1.82, 2.24) is 0 Å². The second-order valence-electron chi connectivity index (χ2n) is 2.34. The van der Waals surface area contributed by atoms with Gasteiger partial charge >= 0.3 is 23.9 Å².